The van der Waals surface area contributed by atoms with Gasteiger partial charge in [-0.1, -0.05) is 5.92 Å². The van der Waals surface area contributed by atoms with Crippen molar-refractivity contribution in [3.63, 3.8) is 0 Å². The summed E-state index contributed by atoms with van der Waals surface area (Å²) in [5.74, 6) is 2.57. The zero-order valence-electron chi connectivity index (χ0n) is 16.3. The van der Waals surface area contributed by atoms with Crippen LogP contribution < -0.4 is 15.8 Å². The quantitative estimate of drug-likeness (QED) is 0.544. The van der Waals surface area contributed by atoms with Gasteiger partial charge in [-0.25, -0.2) is 14.5 Å². The lowest BCUT2D eigenvalue weighted by Gasteiger charge is -2.28. The summed E-state index contributed by atoms with van der Waals surface area (Å²) in [4.78, 5) is 39.1. The summed E-state index contributed by atoms with van der Waals surface area (Å²) < 4.78 is 34.4. The lowest BCUT2D eigenvalue weighted by atomic mass is 10.4. The normalized spacial score (nSPS) is 13.7. The third kappa shape index (κ3) is 5.95. The summed E-state index contributed by atoms with van der Waals surface area (Å²) in [6.45, 7) is 4.79. The lowest BCUT2D eigenvalue weighted by Crippen LogP contribution is -2.44. The van der Waals surface area contributed by atoms with Gasteiger partial charge in [0.05, 0.1) is 12.7 Å². The summed E-state index contributed by atoms with van der Waals surface area (Å²) in [7, 11) is 0. The Morgan fingerprint density at radius 1 is 1.26 bits per heavy atom. The molecule has 0 saturated carbocycles. The highest BCUT2D eigenvalue weighted by Crippen LogP contribution is 2.20. The minimum absolute atomic E-state index is 0.318. The smallest absolute Gasteiger partial charge is 0.480 e. The van der Waals surface area contributed by atoms with E-state index in [4.69, 9.17) is 15.0 Å². The van der Waals surface area contributed by atoms with Crippen LogP contribution in [0.3, 0.4) is 0 Å². The number of hydrogen-bond acceptors (Lipinski definition) is 7. The number of anilines is 1. The van der Waals surface area contributed by atoms with Gasteiger partial charge in [-0.2, -0.15) is 18.3 Å². The molecule has 0 unspecified atom stereocenters. The summed E-state index contributed by atoms with van der Waals surface area (Å²) in [5, 5.41) is 23.2. The average Bonchev–Trinajstić information content (AvgIpc) is 3.08. The van der Waals surface area contributed by atoms with Gasteiger partial charge in [-0.05, 0) is 6.92 Å². The Hall–Kier alpha value is -3.60. The second kappa shape index (κ2) is 9.94. The van der Waals surface area contributed by atoms with E-state index in [0.29, 0.717) is 23.5 Å². The van der Waals surface area contributed by atoms with Gasteiger partial charge in [0.25, 0.3) is 5.56 Å². The summed E-state index contributed by atoms with van der Waals surface area (Å²) in [5.41, 5.74) is 0.317. The number of aromatic nitrogens is 4. The van der Waals surface area contributed by atoms with Crippen molar-refractivity contribution in [2.75, 3.05) is 31.1 Å². The van der Waals surface area contributed by atoms with E-state index < -0.39 is 30.2 Å². The number of piperazine rings is 1. The number of carbonyl (C=O) groups is 2. The maximum atomic E-state index is 12.6. The van der Waals surface area contributed by atoms with Crippen molar-refractivity contribution in [1.82, 2.24) is 24.6 Å². The first-order valence-corrected chi connectivity index (χ1v) is 8.89. The average molecular weight is 444 g/mol. The molecule has 1 fully saturated rings. The van der Waals surface area contributed by atoms with Crippen LogP contribution in [0, 0.1) is 11.8 Å². The van der Waals surface area contributed by atoms with E-state index in [9.17, 15) is 22.8 Å². The highest BCUT2D eigenvalue weighted by molar-refractivity contribution is 5.77. The Morgan fingerprint density at radius 3 is 2.39 bits per heavy atom. The van der Waals surface area contributed by atoms with Crippen molar-refractivity contribution in [3.8, 4) is 11.8 Å². The Morgan fingerprint density at radius 2 is 1.87 bits per heavy atom. The first-order valence-electron chi connectivity index (χ1n) is 8.89. The minimum Gasteiger partial charge on any atom is -0.480 e. The van der Waals surface area contributed by atoms with Gasteiger partial charge in [0.1, 0.15) is 17.6 Å². The predicted octanol–water partition coefficient (Wildman–Crippen LogP) is -0.256. The number of alkyl halides is 3. The molecule has 1 aliphatic heterocycles. The Bertz CT molecular complexity index is 1080. The van der Waals surface area contributed by atoms with Gasteiger partial charge in [0.15, 0.2) is 0 Å². The molecule has 0 radical (unpaired) electrons. The monoisotopic (exact) mass is 444 g/mol. The van der Waals surface area contributed by atoms with Crippen molar-refractivity contribution in [2.45, 2.75) is 26.2 Å². The molecule has 31 heavy (non-hydrogen) atoms. The van der Waals surface area contributed by atoms with Gasteiger partial charge >= 0.3 is 18.1 Å². The van der Waals surface area contributed by atoms with Crippen LogP contribution in [0.1, 0.15) is 6.92 Å². The van der Waals surface area contributed by atoms with E-state index in [1.165, 1.54) is 6.20 Å². The van der Waals surface area contributed by atoms with Crippen molar-refractivity contribution < 1.29 is 33.0 Å². The van der Waals surface area contributed by atoms with Gasteiger partial charge in [-0.3, -0.25) is 14.2 Å². The number of nitrogens with zero attached hydrogens (tertiary/aromatic N) is 5. The molecule has 0 aromatic carbocycles. The molecule has 14 heteroatoms. The van der Waals surface area contributed by atoms with E-state index in [2.05, 4.69) is 32.1 Å². The number of fused-ring (bicyclic) bond motifs is 1. The van der Waals surface area contributed by atoms with Crippen LogP contribution in [-0.4, -0.2) is 73.8 Å². The van der Waals surface area contributed by atoms with Crippen LogP contribution in [0.4, 0.5) is 19.1 Å². The Kier molecular flexibility index (Phi) is 7.59. The molecule has 168 valence electrons. The van der Waals surface area contributed by atoms with Crippen LogP contribution in [0.5, 0.6) is 0 Å². The van der Waals surface area contributed by atoms with E-state index in [1.54, 1.807) is 11.5 Å². The largest absolute Gasteiger partial charge is 0.490 e. The number of rotatable bonds is 4. The SMILES string of the molecule is CC#CCn1c(N2CCNCC2)nc2cnn(CC(=O)O)c(=O)c21.O=C(O)C(F)(F)F. The molecule has 0 amide bonds. The number of carboxylic acids is 2. The molecular weight excluding hydrogens is 425 g/mol. The van der Waals surface area contributed by atoms with Gasteiger partial charge in [-0.15, -0.1) is 5.92 Å². The second-order valence-electron chi connectivity index (χ2n) is 6.20. The molecule has 1 saturated heterocycles. The van der Waals surface area contributed by atoms with Crippen molar-refractivity contribution in [2.24, 2.45) is 0 Å². The zero-order chi connectivity index (χ0) is 23.2. The second-order valence-corrected chi connectivity index (χ2v) is 6.20. The predicted molar refractivity (Wildman–Crippen MR) is 102 cm³/mol. The molecule has 3 rings (SSSR count). The molecule has 0 bridgehead atoms. The molecule has 11 nitrogen and oxygen atoms in total. The summed E-state index contributed by atoms with van der Waals surface area (Å²) in [6, 6.07) is 0. The zero-order valence-corrected chi connectivity index (χ0v) is 16.3. The number of halogens is 3. The Labute approximate surface area is 173 Å². The summed E-state index contributed by atoms with van der Waals surface area (Å²) >= 11 is 0. The molecule has 2 aromatic heterocycles. The molecule has 0 aliphatic carbocycles. The minimum atomic E-state index is -5.08. The van der Waals surface area contributed by atoms with Gasteiger partial charge < -0.3 is 20.4 Å². The fourth-order valence-corrected chi connectivity index (χ4v) is 2.73. The maximum absolute atomic E-state index is 12.6. The molecule has 3 heterocycles. The van der Waals surface area contributed by atoms with E-state index in [0.717, 1.165) is 30.9 Å². The summed E-state index contributed by atoms with van der Waals surface area (Å²) in [6.07, 6.45) is -3.65. The standard InChI is InChI=1S/C15H18N6O3.C2HF3O2/c1-2-3-6-20-13-11(9-17-21(14(13)24)10-12(22)23)18-15(20)19-7-4-16-5-8-19;3-2(4,5)1(6)7/h9,16H,4-8,10H2,1H3,(H,22,23);(H,6,7). The molecule has 3 N–H and O–H groups in total. The fraction of sp³-hybridized carbons (Fsp3) is 0.471. The highest BCUT2D eigenvalue weighted by Gasteiger charge is 2.38. The van der Waals surface area contributed by atoms with Crippen LogP contribution in [0.15, 0.2) is 11.0 Å². The number of imidazole rings is 1. The van der Waals surface area contributed by atoms with E-state index >= 15 is 0 Å². The molecule has 0 atom stereocenters. The molecule has 2 aromatic rings. The molecular formula is C17H19F3N6O5. The maximum Gasteiger partial charge on any atom is 0.490 e. The topological polar surface area (TPSA) is 143 Å². The fourth-order valence-electron chi connectivity index (χ4n) is 2.73. The van der Waals surface area contributed by atoms with Gasteiger partial charge in [0, 0.05) is 26.2 Å². The van der Waals surface area contributed by atoms with Crippen LogP contribution >= 0.6 is 0 Å². The highest BCUT2D eigenvalue weighted by atomic mass is 19.4. The van der Waals surface area contributed by atoms with Crippen LogP contribution in [0.2, 0.25) is 0 Å². The van der Waals surface area contributed by atoms with Crippen LogP contribution in [0.25, 0.3) is 11.0 Å². The number of carboxylic acid groups (broad SMARTS) is 2. The van der Waals surface area contributed by atoms with E-state index in [-0.39, 0.29) is 0 Å². The Balaban J connectivity index is 0.000000423. The van der Waals surface area contributed by atoms with Crippen LogP contribution in [-0.2, 0) is 22.7 Å². The van der Waals surface area contributed by atoms with Crippen molar-refractivity contribution >= 4 is 28.9 Å². The number of nitrogens with one attached hydrogen (secondary N) is 1. The van der Waals surface area contributed by atoms with E-state index in [1.807, 2.05) is 0 Å². The first-order chi connectivity index (χ1) is 14.6. The van der Waals surface area contributed by atoms with Crippen molar-refractivity contribution in [3.05, 3.63) is 16.6 Å². The molecule has 0 spiro atoms. The van der Waals surface area contributed by atoms with Gasteiger partial charge in [0.2, 0.25) is 5.95 Å². The van der Waals surface area contributed by atoms with Crippen molar-refractivity contribution in [1.29, 1.82) is 0 Å². The lowest BCUT2D eigenvalue weighted by molar-refractivity contribution is -0.192. The number of hydrogen-bond donors (Lipinski definition) is 3. The number of aliphatic carboxylic acids is 2. The first kappa shape index (κ1) is 23.7. The third-order valence-electron chi connectivity index (χ3n) is 4.07. The molecule has 1 aliphatic rings. The third-order valence-corrected chi connectivity index (χ3v) is 4.07.